The Morgan fingerprint density at radius 3 is 2.80 bits per heavy atom. The fourth-order valence-corrected chi connectivity index (χ4v) is 4.79. The van der Waals surface area contributed by atoms with Gasteiger partial charge in [-0.05, 0) is 52.6 Å². The van der Waals surface area contributed by atoms with Crippen LogP contribution in [-0.2, 0) is 14.9 Å². The van der Waals surface area contributed by atoms with Crippen molar-refractivity contribution in [3.63, 3.8) is 0 Å². The molecule has 3 atom stereocenters. The summed E-state index contributed by atoms with van der Waals surface area (Å²) in [5.41, 5.74) is -0.491. The van der Waals surface area contributed by atoms with Crippen LogP contribution in [0.1, 0.15) is 33.1 Å². The fourth-order valence-electron chi connectivity index (χ4n) is 3.03. The molecule has 2 aliphatic heterocycles. The molecular weight excluding hydrogens is 278 g/mol. The molecular formula is C13H27N3O3S. The van der Waals surface area contributed by atoms with Crippen molar-refractivity contribution >= 4 is 10.2 Å². The van der Waals surface area contributed by atoms with E-state index in [0.717, 1.165) is 25.8 Å². The van der Waals surface area contributed by atoms with Crippen molar-refractivity contribution in [1.82, 2.24) is 14.3 Å². The molecule has 20 heavy (non-hydrogen) atoms. The number of hydrogen-bond donors (Lipinski definition) is 2. The van der Waals surface area contributed by atoms with Gasteiger partial charge in [0.15, 0.2) is 0 Å². The Labute approximate surface area is 122 Å². The predicted molar refractivity (Wildman–Crippen MR) is 78.7 cm³/mol. The first-order valence-electron chi connectivity index (χ1n) is 7.42. The quantitative estimate of drug-likeness (QED) is 0.767. The van der Waals surface area contributed by atoms with E-state index in [4.69, 9.17) is 4.74 Å². The highest BCUT2D eigenvalue weighted by Crippen LogP contribution is 2.27. The van der Waals surface area contributed by atoms with Gasteiger partial charge in [0.05, 0.1) is 11.6 Å². The summed E-state index contributed by atoms with van der Waals surface area (Å²) in [4.78, 5) is 0. The van der Waals surface area contributed by atoms with Gasteiger partial charge in [-0.3, -0.25) is 0 Å². The van der Waals surface area contributed by atoms with Gasteiger partial charge in [-0.2, -0.15) is 17.4 Å². The number of ether oxygens (including phenoxy) is 1. The van der Waals surface area contributed by atoms with E-state index in [1.165, 1.54) is 0 Å². The molecule has 0 aliphatic carbocycles. The van der Waals surface area contributed by atoms with Crippen molar-refractivity contribution in [1.29, 1.82) is 0 Å². The zero-order chi connectivity index (χ0) is 14.8. The number of nitrogens with one attached hydrogen (secondary N) is 2. The van der Waals surface area contributed by atoms with Crippen molar-refractivity contribution in [2.45, 2.75) is 44.8 Å². The van der Waals surface area contributed by atoms with E-state index in [1.54, 1.807) is 4.31 Å². The summed E-state index contributed by atoms with van der Waals surface area (Å²) in [6.45, 7) is 6.54. The monoisotopic (exact) mass is 305 g/mol. The van der Waals surface area contributed by atoms with E-state index in [2.05, 4.69) is 10.0 Å². The Hall–Kier alpha value is -0.210. The second kappa shape index (κ2) is 6.27. The minimum atomic E-state index is -3.43. The average molecular weight is 305 g/mol. The third-order valence-corrected chi connectivity index (χ3v) is 6.30. The van der Waals surface area contributed by atoms with Crippen molar-refractivity contribution < 1.29 is 13.2 Å². The molecule has 2 aliphatic rings. The molecule has 2 N–H and O–H groups in total. The van der Waals surface area contributed by atoms with E-state index in [9.17, 15) is 8.42 Å². The van der Waals surface area contributed by atoms with Gasteiger partial charge in [-0.25, -0.2) is 0 Å². The predicted octanol–water partition coefficient (Wildman–Crippen LogP) is 0.320. The molecule has 0 spiro atoms. The maximum Gasteiger partial charge on any atom is 0.280 e. The molecule has 0 aromatic carbocycles. The summed E-state index contributed by atoms with van der Waals surface area (Å²) >= 11 is 0. The molecule has 118 valence electrons. The topological polar surface area (TPSA) is 70.7 Å². The van der Waals surface area contributed by atoms with Crippen LogP contribution >= 0.6 is 0 Å². The van der Waals surface area contributed by atoms with Gasteiger partial charge < -0.3 is 10.1 Å². The highest BCUT2D eigenvalue weighted by molar-refractivity contribution is 7.87. The molecule has 0 amide bonds. The Morgan fingerprint density at radius 2 is 2.20 bits per heavy atom. The van der Waals surface area contributed by atoms with Gasteiger partial charge in [0, 0.05) is 19.7 Å². The molecule has 7 heteroatoms. The Balaban J connectivity index is 2.02. The minimum Gasteiger partial charge on any atom is -0.376 e. The SMILES string of the molecule is CNCC1CCCN(S(=O)(=O)NC2(C)CCOC2C)C1. The summed E-state index contributed by atoms with van der Waals surface area (Å²) in [6, 6.07) is 0. The van der Waals surface area contributed by atoms with E-state index < -0.39 is 15.7 Å². The van der Waals surface area contributed by atoms with E-state index >= 15 is 0 Å². The lowest BCUT2D eigenvalue weighted by Crippen LogP contribution is -2.56. The molecule has 2 fully saturated rings. The zero-order valence-corrected chi connectivity index (χ0v) is 13.5. The summed E-state index contributed by atoms with van der Waals surface area (Å²) in [5, 5.41) is 3.14. The van der Waals surface area contributed by atoms with Gasteiger partial charge in [0.1, 0.15) is 0 Å². The number of piperidine rings is 1. The van der Waals surface area contributed by atoms with Crippen LogP contribution in [0, 0.1) is 5.92 Å². The van der Waals surface area contributed by atoms with Crippen LogP contribution in [0.25, 0.3) is 0 Å². The van der Waals surface area contributed by atoms with Crippen molar-refractivity contribution in [3.05, 3.63) is 0 Å². The molecule has 2 saturated heterocycles. The normalized spacial score (nSPS) is 36.4. The Kier molecular flexibility index (Phi) is 5.07. The van der Waals surface area contributed by atoms with Crippen LogP contribution < -0.4 is 10.0 Å². The van der Waals surface area contributed by atoms with E-state index in [0.29, 0.717) is 25.6 Å². The summed E-state index contributed by atoms with van der Waals surface area (Å²) in [5.74, 6) is 0.399. The smallest absolute Gasteiger partial charge is 0.280 e. The van der Waals surface area contributed by atoms with Crippen LogP contribution in [-0.4, -0.2) is 57.7 Å². The molecule has 2 heterocycles. The van der Waals surface area contributed by atoms with Crippen LogP contribution in [0.15, 0.2) is 0 Å². The zero-order valence-electron chi connectivity index (χ0n) is 12.7. The summed E-state index contributed by atoms with van der Waals surface area (Å²) < 4.78 is 35.1. The van der Waals surface area contributed by atoms with Gasteiger partial charge >= 0.3 is 0 Å². The van der Waals surface area contributed by atoms with Gasteiger partial charge in [-0.1, -0.05) is 0 Å². The molecule has 3 unspecified atom stereocenters. The first-order chi connectivity index (χ1) is 9.37. The minimum absolute atomic E-state index is 0.0878. The number of hydrogen-bond acceptors (Lipinski definition) is 4. The number of nitrogens with zero attached hydrogens (tertiary/aromatic N) is 1. The average Bonchev–Trinajstić information content (AvgIpc) is 2.69. The maximum absolute atomic E-state index is 12.6. The van der Waals surface area contributed by atoms with Crippen LogP contribution in [0.4, 0.5) is 0 Å². The molecule has 0 aromatic heterocycles. The van der Waals surface area contributed by atoms with Crippen LogP contribution in [0.5, 0.6) is 0 Å². The van der Waals surface area contributed by atoms with Crippen LogP contribution in [0.2, 0.25) is 0 Å². The highest BCUT2D eigenvalue weighted by atomic mass is 32.2. The van der Waals surface area contributed by atoms with E-state index in [1.807, 2.05) is 20.9 Å². The van der Waals surface area contributed by atoms with Crippen molar-refractivity contribution in [3.8, 4) is 0 Å². The lowest BCUT2D eigenvalue weighted by atomic mass is 9.97. The molecule has 0 aromatic rings. The van der Waals surface area contributed by atoms with Gasteiger partial charge in [-0.15, -0.1) is 0 Å². The molecule has 0 radical (unpaired) electrons. The first kappa shape index (κ1) is 16.2. The van der Waals surface area contributed by atoms with Crippen molar-refractivity contribution in [2.24, 2.45) is 5.92 Å². The Bertz CT molecular complexity index is 427. The Morgan fingerprint density at radius 1 is 1.45 bits per heavy atom. The molecule has 0 saturated carbocycles. The third kappa shape index (κ3) is 3.51. The molecule has 0 bridgehead atoms. The van der Waals surface area contributed by atoms with E-state index in [-0.39, 0.29) is 6.10 Å². The second-order valence-electron chi connectivity index (χ2n) is 6.21. The highest BCUT2D eigenvalue weighted by Gasteiger charge is 2.42. The lowest BCUT2D eigenvalue weighted by molar-refractivity contribution is 0.0948. The first-order valence-corrected chi connectivity index (χ1v) is 8.86. The van der Waals surface area contributed by atoms with Gasteiger partial charge in [0.2, 0.25) is 0 Å². The van der Waals surface area contributed by atoms with Gasteiger partial charge in [0.25, 0.3) is 10.2 Å². The summed E-state index contributed by atoms with van der Waals surface area (Å²) in [6.07, 6.45) is 2.65. The van der Waals surface area contributed by atoms with Crippen molar-refractivity contribution in [2.75, 3.05) is 33.3 Å². The molecule has 6 nitrogen and oxygen atoms in total. The third-order valence-electron chi connectivity index (χ3n) is 4.56. The molecule has 2 rings (SSSR count). The standard InChI is InChI=1S/C13H27N3O3S/c1-11-13(2,6-8-19-11)15-20(17,18)16-7-4-5-12(10-16)9-14-3/h11-12,14-15H,4-10H2,1-3H3. The van der Waals surface area contributed by atoms with Crippen LogP contribution in [0.3, 0.4) is 0 Å². The largest absolute Gasteiger partial charge is 0.376 e. The number of rotatable bonds is 5. The summed E-state index contributed by atoms with van der Waals surface area (Å²) in [7, 11) is -1.53. The lowest BCUT2D eigenvalue weighted by Gasteiger charge is -2.36. The second-order valence-corrected chi connectivity index (χ2v) is 7.88. The maximum atomic E-state index is 12.6. The fraction of sp³-hybridized carbons (Fsp3) is 1.00.